The van der Waals surface area contributed by atoms with E-state index in [9.17, 15) is 14.0 Å². The first-order valence-corrected chi connectivity index (χ1v) is 10.7. The van der Waals surface area contributed by atoms with E-state index in [-0.39, 0.29) is 36.0 Å². The minimum atomic E-state index is -0.819. The number of aromatic nitrogens is 2. The van der Waals surface area contributed by atoms with Gasteiger partial charge in [-0.1, -0.05) is 30.9 Å². The molecule has 0 saturated carbocycles. The van der Waals surface area contributed by atoms with E-state index in [2.05, 4.69) is 21.6 Å². The molecule has 0 aliphatic carbocycles. The fraction of sp³-hybridized carbons (Fsp3) is 0.435. The number of nitrogens with zero attached hydrogens (tertiary/aromatic N) is 5. The number of anilines is 1. The van der Waals surface area contributed by atoms with Crippen LogP contribution in [-0.2, 0) is 9.53 Å². The molecule has 3 heterocycles. The van der Waals surface area contributed by atoms with Crippen molar-refractivity contribution in [1.82, 2.24) is 15.0 Å². The van der Waals surface area contributed by atoms with Crippen molar-refractivity contribution in [1.29, 1.82) is 0 Å². The standard InChI is InChI=1S/C23H28FN5O3/c1-4-6-7-8-16(3)18-9-12-27-29(18)22(30)17-10-13-28(14-11-17)21-19(24)20(25-15-26-21)23(31)32-5-2/h4,6-8,12,15,17-18H,3,5,9-11,13-14H2,1-2H3/b6-4-,8-7-/t18-/m0/s1. The average Bonchev–Trinajstić information content (AvgIpc) is 3.29. The molecular weight excluding hydrogens is 413 g/mol. The summed E-state index contributed by atoms with van der Waals surface area (Å²) in [5.41, 5.74) is 0.440. The highest BCUT2D eigenvalue weighted by atomic mass is 19.1. The van der Waals surface area contributed by atoms with Crippen molar-refractivity contribution in [3.63, 3.8) is 0 Å². The summed E-state index contributed by atoms with van der Waals surface area (Å²) in [4.78, 5) is 34.5. The highest BCUT2D eigenvalue weighted by Crippen LogP contribution is 2.29. The van der Waals surface area contributed by atoms with Gasteiger partial charge < -0.3 is 9.64 Å². The van der Waals surface area contributed by atoms with Gasteiger partial charge in [0.05, 0.1) is 12.6 Å². The number of piperidine rings is 1. The van der Waals surface area contributed by atoms with Crippen LogP contribution in [0.5, 0.6) is 0 Å². The molecule has 1 atom stereocenters. The van der Waals surface area contributed by atoms with Crippen molar-refractivity contribution in [2.75, 3.05) is 24.6 Å². The molecule has 9 heteroatoms. The quantitative estimate of drug-likeness (QED) is 0.477. The lowest BCUT2D eigenvalue weighted by atomic mass is 9.94. The van der Waals surface area contributed by atoms with E-state index < -0.39 is 11.8 Å². The van der Waals surface area contributed by atoms with Gasteiger partial charge in [0.1, 0.15) is 6.33 Å². The third-order valence-electron chi connectivity index (χ3n) is 5.48. The molecule has 0 unspecified atom stereocenters. The maximum absolute atomic E-state index is 14.8. The lowest BCUT2D eigenvalue weighted by Crippen LogP contribution is -2.43. The molecule has 1 amide bonds. The molecule has 32 heavy (non-hydrogen) atoms. The van der Waals surface area contributed by atoms with Gasteiger partial charge in [0.15, 0.2) is 17.3 Å². The number of carbonyl (C=O) groups is 2. The number of ether oxygens (including phenoxy) is 1. The minimum Gasteiger partial charge on any atom is -0.461 e. The molecule has 1 fully saturated rings. The van der Waals surface area contributed by atoms with Crippen molar-refractivity contribution in [3.05, 3.63) is 54.3 Å². The Balaban J connectivity index is 1.64. The van der Waals surface area contributed by atoms with Crippen LogP contribution in [0.1, 0.15) is 43.6 Å². The Morgan fingerprint density at radius 2 is 2.03 bits per heavy atom. The Kier molecular flexibility index (Phi) is 7.86. The summed E-state index contributed by atoms with van der Waals surface area (Å²) in [6.07, 6.45) is 12.2. The van der Waals surface area contributed by atoms with Crippen LogP contribution in [0.2, 0.25) is 0 Å². The predicted molar refractivity (Wildman–Crippen MR) is 120 cm³/mol. The summed E-state index contributed by atoms with van der Waals surface area (Å²) in [5.74, 6) is -1.86. The van der Waals surface area contributed by atoms with Gasteiger partial charge >= 0.3 is 5.97 Å². The topological polar surface area (TPSA) is 88.0 Å². The van der Waals surface area contributed by atoms with Crippen molar-refractivity contribution in [3.8, 4) is 0 Å². The van der Waals surface area contributed by atoms with Crippen LogP contribution >= 0.6 is 0 Å². The first kappa shape index (κ1) is 23.3. The molecule has 170 valence electrons. The van der Waals surface area contributed by atoms with Crippen molar-refractivity contribution < 1.29 is 18.7 Å². The lowest BCUT2D eigenvalue weighted by molar-refractivity contribution is -0.137. The van der Waals surface area contributed by atoms with E-state index in [0.29, 0.717) is 32.4 Å². The molecule has 0 N–H and O–H groups in total. The van der Waals surface area contributed by atoms with Crippen LogP contribution in [0.3, 0.4) is 0 Å². The van der Waals surface area contributed by atoms with E-state index in [1.165, 1.54) is 5.01 Å². The fourth-order valence-electron chi connectivity index (χ4n) is 3.78. The third-order valence-corrected chi connectivity index (χ3v) is 5.48. The zero-order valence-electron chi connectivity index (χ0n) is 18.4. The number of allylic oxidation sites excluding steroid dienone is 3. The molecule has 1 aromatic rings. The summed E-state index contributed by atoms with van der Waals surface area (Å²) >= 11 is 0. The molecule has 0 aromatic carbocycles. The fourth-order valence-corrected chi connectivity index (χ4v) is 3.78. The van der Waals surface area contributed by atoms with Gasteiger partial charge in [-0.25, -0.2) is 24.2 Å². The number of carbonyl (C=O) groups excluding carboxylic acids is 2. The molecule has 3 rings (SSSR count). The predicted octanol–water partition coefficient (Wildman–Crippen LogP) is 3.28. The summed E-state index contributed by atoms with van der Waals surface area (Å²) in [6.45, 7) is 8.64. The van der Waals surface area contributed by atoms with E-state index in [1.807, 2.05) is 31.2 Å². The molecule has 2 aliphatic heterocycles. The maximum Gasteiger partial charge on any atom is 0.360 e. The second-order valence-corrected chi connectivity index (χ2v) is 7.53. The first-order valence-electron chi connectivity index (χ1n) is 10.7. The number of rotatable bonds is 7. The van der Waals surface area contributed by atoms with Gasteiger partial charge in [0.25, 0.3) is 0 Å². The number of hydrogen-bond donors (Lipinski definition) is 0. The first-order chi connectivity index (χ1) is 15.5. The largest absolute Gasteiger partial charge is 0.461 e. The van der Waals surface area contributed by atoms with Crippen LogP contribution in [0.15, 0.2) is 47.9 Å². The minimum absolute atomic E-state index is 0.0496. The average molecular weight is 442 g/mol. The second kappa shape index (κ2) is 10.8. The summed E-state index contributed by atoms with van der Waals surface area (Å²) < 4.78 is 19.7. The van der Waals surface area contributed by atoms with Crippen molar-refractivity contribution in [2.45, 2.75) is 39.2 Å². The molecule has 0 bridgehead atoms. The highest BCUT2D eigenvalue weighted by Gasteiger charge is 2.35. The number of esters is 1. The second-order valence-electron chi connectivity index (χ2n) is 7.53. The Bertz CT molecular complexity index is 951. The lowest BCUT2D eigenvalue weighted by Gasteiger charge is -2.34. The van der Waals surface area contributed by atoms with Crippen molar-refractivity contribution >= 4 is 23.9 Å². The Hall–Kier alpha value is -3.36. The van der Waals surface area contributed by atoms with E-state index >= 15 is 0 Å². The molecular formula is C23H28FN5O3. The Labute approximate surface area is 187 Å². The van der Waals surface area contributed by atoms with Crippen LogP contribution in [0, 0.1) is 11.7 Å². The summed E-state index contributed by atoms with van der Waals surface area (Å²) in [5, 5.41) is 5.80. The van der Waals surface area contributed by atoms with Gasteiger partial charge in [-0.05, 0) is 32.3 Å². The summed E-state index contributed by atoms with van der Waals surface area (Å²) in [6, 6.07) is -0.187. The van der Waals surface area contributed by atoms with Crippen LogP contribution in [-0.4, -0.2) is 58.8 Å². The molecule has 2 aliphatic rings. The third kappa shape index (κ3) is 5.09. The van der Waals surface area contributed by atoms with Crippen LogP contribution in [0.25, 0.3) is 0 Å². The van der Waals surface area contributed by atoms with E-state index in [4.69, 9.17) is 4.74 Å². The van der Waals surface area contributed by atoms with Crippen LogP contribution < -0.4 is 4.90 Å². The van der Waals surface area contributed by atoms with Gasteiger partial charge in [-0.15, -0.1) is 0 Å². The molecule has 0 spiro atoms. The Morgan fingerprint density at radius 3 is 2.72 bits per heavy atom. The van der Waals surface area contributed by atoms with Crippen molar-refractivity contribution in [2.24, 2.45) is 11.0 Å². The number of amides is 1. The van der Waals surface area contributed by atoms with Gasteiger partial charge in [0.2, 0.25) is 5.91 Å². The molecule has 1 aromatic heterocycles. The van der Waals surface area contributed by atoms with Crippen LogP contribution in [0.4, 0.5) is 10.2 Å². The Morgan fingerprint density at radius 1 is 1.28 bits per heavy atom. The zero-order valence-corrected chi connectivity index (χ0v) is 18.4. The number of hydrogen-bond acceptors (Lipinski definition) is 7. The molecule has 1 saturated heterocycles. The van der Waals surface area contributed by atoms with E-state index in [1.54, 1.807) is 18.0 Å². The van der Waals surface area contributed by atoms with Gasteiger partial charge in [0, 0.05) is 31.6 Å². The summed E-state index contributed by atoms with van der Waals surface area (Å²) in [7, 11) is 0. The highest BCUT2D eigenvalue weighted by molar-refractivity contribution is 5.88. The van der Waals surface area contributed by atoms with E-state index in [0.717, 1.165) is 11.9 Å². The maximum atomic E-state index is 14.8. The monoisotopic (exact) mass is 441 g/mol. The smallest absolute Gasteiger partial charge is 0.360 e. The normalized spacial score (nSPS) is 19.3. The van der Waals surface area contributed by atoms with Gasteiger partial charge in [-0.2, -0.15) is 5.10 Å². The molecule has 8 nitrogen and oxygen atoms in total. The SMILES string of the molecule is C=C(/C=C\C=C/C)[C@@H]1CC=NN1C(=O)C1CCN(c2ncnc(C(=O)OCC)c2F)CC1. The zero-order chi connectivity index (χ0) is 23.1. The van der Waals surface area contributed by atoms with Gasteiger partial charge in [-0.3, -0.25) is 4.79 Å². The molecule has 0 radical (unpaired) electrons. The number of hydrazone groups is 1. The number of halogens is 1.